The van der Waals surface area contributed by atoms with Gasteiger partial charge in [0.25, 0.3) is 0 Å². The lowest BCUT2D eigenvalue weighted by atomic mass is 9.94. The highest BCUT2D eigenvalue weighted by molar-refractivity contribution is 9.10. The molecule has 21 heavy (non-hydrogen) atoms. The second-order valence-corrected chi connectivity index (χ2v) is 7.28. The molecule has 0 N–H and O–H groups in total. The maximum atomic E-state index is 6.39. The van der Waals surface area contributed by atoms with Crippen LogP contribution >= 0.6 is 43.5 Å². The van der Waals surface area contributed by atoms with E-state index in [-0.39, 0.29) is 4.83 Å². The number of benzene rings is 3. The minimum Gasteiger partial charge on any atom is -0.0840 e. The molecule has 0 nitrogen and oxygen atoms in total. The molecule has 0 aliphatic carbocycles. The fourth-order valence-electron chi connectivity index (χ4n) is 2.61. The summed E-state index contributed by atoms with van der Waals surface area (Å²) in [5.41, 5.74) is 3.60. The van der Waals surface area contributed by atoms with Crippen LogP contribution in [0.1, 0.15) is 21.5 Å². The first-order valence-corrected chi connectivity index (χ1v) is 8.74. The Morgan fingerprint density at radius 1 is 1.00 bits per heavy atom. The molecular formula is C18H13Br2Cl. The van der Waals surface area contributed by atoms with Gasteiger partial charge in [-0.05, 0) is 52.6 Å². The molecule has 0 spiro atoms. The summed E-state index contributed by atoms with van der Waals surface area (Å²) >= 11 is 13.8. The molecule has 106 valence electrons. The molecule has 0 radical (unpaired) electrons. The van der Waals surface area contributed by atoms with Crippen molar-refractivity contribution in [3.05, 3.63) is 80.8 Å². The van der Waals surface area contributed by atoms with Crippen LogP contribution in [0.25, 0.3) is 10.8 Å². The van der Waals surface area contributed by atoms with Crippen LogP contribution < -0.4 is 0 Å². The van der Waals surface area contributed by atoms with Crippen molar-refractivity contribution in [2.75, 3.05) is 0 Å². The van der Waals surface area contributed by atoms with Gasteiger partial charge >= 0.3 is 0 Å². The van der Waals surface area contributed by atoms with Gasteiger partial charge in [0, 0.05) is 9.50 Å². The molecule has 0 aromatic heterocycles. The van der Waals surface area contributed by atoms with Gasteiger partial charge in [-0.1, -0.05) is 79.9 Å². The molecule has 3 heteroatoms. The van der Waals surface area contributed by atoms with Gasteiger partial charge in [-0.3, -0.25) is 0 Å². The largest absolute Gasteiger partial charge is 0.0840 e. The lowest BCUT2D eigenvalue weighted by Crippen LogP contribution is -1.98. The number of halogens is 3. The number of rotatable bonds is 2. The standard InChI is InChI=1S/C18H13Br2Cl/c1-11-6-7-12-4-2-3-5-14(12)17(11)18(20)15-10-13(19)8-9-16(15)21/h2-10,18H,1H3. The molecule has 0 fully saturated rings. The Hall–Kier alpha value is -0.830. The van der Waals surface area contributed by atoms with E-state index in [2.05, 4.69) is 81.2 Å². The summed E-state index contributed by atoms with van der Waals surface area (Å²) in [6.07, 6.45) is 0. The van der Waals surface area contributed by atoms with Crippen LogP contribution in [0.2, 0.25) is 5.02 Å². The number of alkyl halides is 1. The zero-order chi connectivity index (χ0) is 15.0. The topological polar surface area (TPSA) is 0 Å². The number of hydrogen-bond donors (Lipinski definition) is 0. The third-order valence-corrected chi connectivity index (χ3v) is 5.46. The summed E-state index contributed by atoms with van der Waals surface area (Å²) in [7, 11) is 0. The van der Waals surface area contributed by atoms with Crippen LogP contribution in [0, 0.1) is 6.92 Å². The lowest BCUT2D eigenvalue weighted by Gasteiger charge is -2.18. The van der Waals surface area contributed by atoms with E-state index >= 15 is 0 Å². The first kappa shape index (κ1) is 15.1. The first-order chi connectivity index (χ1) is 10.1. The molecule has 0 saturated heterocycles. The summed E-state index contributed by atoms with van der Waals surface area (Å²) < 4.78 is 1.03. The van der Waals surface area contributed by atoms with E-state index in [0.717, 1.165) is 15.1 Å². The number of fused-ring (bicyclic) bond motifs is 1. The van der Waals surface area contributed by atoms with Gasteiger partial charge in [-0.25, -0.2) is 0 Å². The molecule has 0 saturated carbocycles. The first-order valence-electron chi connectivity index (χ1n) is 6.65. The normalized spacial score (nSPS) is 12.6. The van der Waals surface area contributed by atoms with Crippen molar-refractivity contribution in [2.45, 2.75) is 11.8 Å². The van der Waals surface area contributed by atoms with Crippen molar-refractivity contribution < 1.29 is 0 Å². The second-order valence-electron chi connectivity index (χ2n) is 5.05. The summed E-state index contributed by atoms with van der Waals surface area (Å²) in [6.45, 7) is 2.14. The average Bonchev–Trinajstić information content (AvgIpc) is 2.49. The van der Waals surface area contributed by atoms with Gasteiger partial charge in [-0.2, -0.15) is 0 Å². The minimum absolute atomic E-state index is 0.0635. The minimum atomic E-state index is 0.0635. The summed E-state index contributed by atoms with van der Waals surface area (Å²) in [5, 5.41) is 3.27. The lowest BCUT2D eigenvalue weighted by molar-refractivity contribution is 1.16. The van der Waals surface area contributed by atoms with E-state index in [1.165, 1.54) is 21.9 Å². The molecule has 0 bridgehead atoms. The third-order valence-electron chi connectivity index (χ3n) is 3.67. The highest BCUT2D eigenvalue weighted by Crippen LogP contribution is 2.41. The quantitative estimate of drug-likeness (QED) is 0.387. The Bertz CT molecular complexity index is 811. The fraction of sp³-hybridized carbons (Fsp3) is 0.111. The predicted octanol–water partition coefficient (Wildman–Crippen LogP) is 7.05. The van der Waals surface area contributed by atoms with Gasteiger partial charge in [0.1, 0.15) is 0 Å². The summed E-state index contributed by atoms with van der Waals surface area (Å²) in [5.74, 6) is 0. The van der Waals surface area contributed by atoms with Crippen molar-refractivity contribution in [1.82, 2.24) is 0 Å². The van der Waals surface area contributed by atoms with Gasteiger partial charge in [-0.15, -0.1) is 0 Å². The van der Waals surface area contributed by atoms with Gasteiger partial charge in [0.05, 0.1) is 4.83 Å². The van der Waals surface area contributed by atoms with Crippen LogP contribution in [-0.4, -0.2) is 0 Å². The summed E-state index contributed by atoms with van der Waals surface area (Å²) in [4.78, 5) is 0.0635. The van der Waals surface area contributed by atoms with E-state index < -0.39 is 0 Å². The predicted molar refractivity (Wildman–Crippen MR) is 98.6 cm³/mol. The Kier molecular flexibility index (Phi) is 4.39. The average molecular weight is 425 g/mol. The number of aryl methyl sites for hydroxylation is 1. The molecule has 0 aliphatic heterocycles. The Balaban J connectivity index is 2.24. The van der Waals surface area contributed by atoms with Gasteiger partial charge < -0.3 is 0 Å². The van der Waals surface area contributed by atoms with E-state index in [0.29, 0.717) is 0 Å². The molecule has 3 aromatic carbocycles. The molecule has 1 atom stereocenters. The molecule has 0 aliphatic rings. The molecule has 0 heterocycles. The number of hydrogen-bond acceptors (Lipinski definition) is 0. The zero-order valence-corrected chi connectivity index (χ0v) is 15.3. The highest BCUT2D eigenvalue weighted by atomic mass is 79.9. The zero-order valence-electron chi connectivity index (χ0n) is 11.4. The van der Waals surface area contributed by atoms with Crippen molar-refractivity contribution in [3.8, 4) is 0 Å². The van der Waals surface area contributed by atoms with Gasteiger partial charge in [0.2, 0.25) is 0 Å². The molecule has 1 unspecified atom stereocenters. The van der Waals surface area contributed by atoms with Crippen LogP contribution in [-0.2, 0) is 0 Å². The van der Waals surface area contributed by atoms with E-state index in [9.17, 15) is 0 Å². The monoisotopic (exact) mass is 422 g/mol. The molecule has 0 amide bonds. The maximum absolute atomic E-state index is 6.39. The second kappa shape index (κ2) is 6.12. The Morgan fingerprint density at radius 3 is 2.57 bits per heavy atom. The molecular weight excluding hydrogens is 411 g/mol. The van der Waals surface area contributed by atoms with E-state index in [4.69, 9.17) is 11.6 Å². The highest BCUT2D eigenvalue weighted by Gasteiger charge is 2.18. The van der Waals surface area contributed by atoms with Crippen LogP contribution in [0.15, 0.2) is 59.1 Å². The van der Waals surface area contributed by atoms with Crippen LogP contribution in [0.5, 0.6) is 0 Å². The van der Waals surface area contributed by atoms with Crippen LogP contribution in [0.3, 0.4) is 0 Å². The fourth-order valence-corrected chi connectivity index (χ4v) is 4.33. The van der Waals surface area contributed by atoms with Crippen molar-refractivity contribution in [1.29, 1.82) is 0 Å². The Labute approximate surface area is 146 Å². The van der Waals surface area contributed by atoms with E-state index in [1.807, 2.05) is 12.1 Å². The SMILES string of the molecule is Cc1ccc2ccccc2c1C(Br)c1cc(Br)ccc1Cl. The van der Waals surface area contributed by atoms with Crippen molar-refractivity contribution >= 4 is 54.2 Å². The maximum Gasteiger partial charge on any atom is 0.0668 e. The third kappa shape index (κ3) is 2.90. The van der Waals surface area contributed by atoms with Crippen LogP contribution in [0.4, 0.5) is 0 Å². The molecule has 3 rings (SSSR count). The van der Waals surface area contributed by atoms with E-state index in [1.54, 1.807) is 0 Å². The Morgan fingerprint density at radius 2 is 1.76 bits per heavy atom. The van der Waals surface area contributed by atoms with Crippen molar-refractivity contribution in [3.63, 3.8) is 0 Å². The molecule has 3 aromatic rings. The summed E-state index contributed by atoms with van der Waals surface area (Å²) in [6, 6.07) is 18.7. The van der Waals surface area contributed by atoms with Gasteiger partial charge in [0.15, 0.2) is 0 Å². The van der Waals surface area contributed by atoms with Crippen molar-refractivity contribution in [2.24, 2.45) is 0 Å². The smallest absolute Gasteiger partial charge is 0.0668 e.